The van der Waals surface area contributed by atoms with Crippen LogP contribution in [0.4, 0.5) is 0 Å². The lowest BCUT2D eigenvalue weighted by molar-refractivity contribution is 0.0651. The molecule has 4 nitrogen and oxygen atoms in total. The second kappa shape index (κ2) is 3.23. The molecule has 1 rings (SSSR count). The number of aliphatic hydroxyl groups is 1. The number of aliphatic hydroxyl groups excluding tert-OH is 1. The van der Waals surface area contributed by atoms with Crippen LogP contribution in [-0.2, 0) is 6.42 Å². The van der Waals surface area contributed by atoms with Crippen molar-refractivity contribution in [3.05, 3.63) is 12.2 Å². The van der Waals surface area contributed by atoms with Gasteiger partial charge in [-0.25, -0.2) is 4.98 Å². The summed E-state index contributed by atoms with van der Waals surface area (Å²) in [6.45, 7) is 5.79. The minimum Gasteiger partial charge on any atom is -0.393 e. The van der Waals surface area contributed by atoms with Crippen LogP contribution in [-0.4, -0.2) is 26.4 Å². The molecule has 0 spiro atoms. The van der Waals surface area contributed by atoms with Gasteiger partial charge in [-0.3, -0.25) is 5.10 Å². The smallest absolute Gasteiger partial charge is 0.137 e. The summed E-state index contributed by atoms with van der Waals surface area (Å²) >= 11 is 0. The maximum Gasteiger partial charge on any atom is 0.137 e. The molecular weight excluding hydrogens is 154 g/mol. The Labute approximate surface area is 72.0 Å². The lowest BCUT2D eigenvalue weighted by Gasteiger charge is -2.26. The van der Waals surface area contributed by atoms with E-state index in [2.05, 4.69) is 15.2 Å². The highest BCUT2D eigenvalue weighted by atomic mass is 16.3. The maximum absolute atomic E-state index is 9.42. The zero-order valence-electron chi connectivity index (χ0n) is 7.70. The van der Waals surface area contributed by atoms with Crippen molar-refractivity contribution in [2.75, 3.05) is 0 Å². The van der Waals surface area contributed by atoms with Crippen molar-refractivity contribution in [3.63, 3.8) is 0 Å². The summed E-state index contributed by atoms with van der Waals surface area (Å²) in [4.78, 5) is 4.01. The Morgan fingerprint density at radius 1 is 1.67 bits per heavy atom. The van der Waals surface area contributed by atoms with E-state index in [1.807, 2.05) is 13.8 Å². The van der Waals surface area contributed by atoms with Gasteiger partial charge in [0.05, 0.1) is 6.10 Å². The SMILES string of the molecule is CC(O)C(C)(C)Cc1ncn[nH]1. The number of H-pyrrole nitrogens is 1. The highest BCUT2D eigenvalue weighted by Crippen LogP contribution is 2.23. The molecule has 1 atom stereocenters. The summed E-state index contributed by atoms with van der Waals surface area (Å²) in [7, 11) is 0. The molecule has 0 fully saturated rings. The fourth-order valence-corrected chi connectivity index (χ4v) is 0.895. The van der Waals surface area contributed by atoms with Gasteiger partial charge in [0, 0.05) is 6.42 Å². The molecule has 0 radical (unpaired) electrons. The zero-order chi connectivity index (χ0) is 9.19. The minimum absolute atomic E-state index is 0.153. The van der Waals surface area contributed by atoms with Crippen molar-refractivity contribution in [2.45, 2.75) is 33.3 Å². The topological polar surface area (TPSA) is 61.8 Å². The molecule has 0 bridgehead atoms. The van der Waals surface area contributed by atoms with E-state index in [-0.39, 0.29) is 11.5 Å². The fourth-order valence-electron chi connectivity index (χ4n) is 0.895. The third kappa shape index (κ3) is 2.04. The first-order chi connectivity index (χ1) is 5.52. The molecule has 0 aliphatic carbocycles. The Morgan fingerprint density at radius 3 is 2.75 bits per heavy atom. The van der Waals surface area contributed by atoms with Gasteiger partial charge in [-0.05, 0) is 12.3 Å². The first-order valence-electron chi connectivity index (χ1n) is 4.04. The van der Waals surface area contributed by atoms with Gasteiger partial charge >= 0.3 is 0 Å². The Hall–Kier alpha value is -0.900. The van der Waals surface area contributed by atoms with E-state index >= 15 is 0 Å². The highest BCUT2D eigenvalue weighted by molar-refractivity contribution is 4.89. The molecule has 1 unspecified atom stereocenters. The van der Waals surface area contributed by atoms with Gasteiger partial charge in [0.2, 0.25) is 0 Å². The number of hydrogen-bond acceptors (Lipinski definition) is 3. The quantitative estimate of drug-likeness (QED) is 0.702. The van der Waals surface area contributed by atoms with Crippen molar-refractivity contribution in [1.82, 2.24) is 15.2 Å². The number of aromatic nitrogens is 3. The average Bonchev–Trinajstić information content (AvgIpc) is 2.38. The molecule has 1 aromatic rings. The number of nitrogens with zero attached hydrogens (tertiary/aromatic N) is 2. The van der Waals surface area contributed by atoms with Crippen molar-refractivity contribution in [3.8, 4) is 0 Å². The van der Waals surface area contributed by atoms with Crippen LogP contribution in [0.2, 0.25) is 0 Å². The van der Waals surface area contributed by atoms with Crippen LogP contribution in [0, 0.1) is 5.41 Å². The molecule has 0 aliphatic heterocycles. The van der Waals surface area contributed by atoms with Gasteiger partial charge in [0.25, 0.3) is 0 Å². The van der Waals surface area contributed by atoms with E-state index in [0.717, 1.165) is 5.82 Å². The van der Waals surface area contributed by atoms with E-state index in [0.29, 0.717) is 6.42 Å². The summed E-state index contributed by atoms with van der Waals surface area (Å²) in [6.07, 6.45) is 1.85. The van der Waals surface area contributed by atoms with E-state index in [1.54, 1.807) is 6.92 Å². The van der Waals surface area contributed by atoms with Gasteiger partial charge in [0.1, 0.15) is 12.2 Å². The second-order valence-corrected chi connectivity index (χ2v) is 3.77. The van der Waals surface area contributed by atoms with Crippen LogP contribution in [0.1, 0.15) is 26.6 Å². The van der Waals surface area contributed by atoms with Gasteiger partial charge in [0.15, 0.2) is 0 Å². The largest absolute Gasteiger partial charge is 0.393 e. The van der Waals surface area contributed by atoms with Gasteiger partial charge in [-0.1, -0.05) is 13.8 Å². The Balaban J connectivity index is 2.62. The van der Waals surface area contributed by atoms with Crippen LogP contribution in [0.5, 0.6) is 0 Å². The van der Waals surface area contributed by atoms with E-state index in [1.165, 1.54) is 6.33 Å². The monoisotopic (exact) mass is 169 g/mol. The number of aromatic amines is 1. The highest BCUT2D eigenvalue weighted by Gasteiger charge is 2.25. The van der Waals surface area contributed by atoms with E-state index in [9.17, 15) is 5.11 Å². The van der Waals surface area contributed by atoms with Gasteiger partial charge in [-0.2, -0.15) is 5.10 Å². The molecule has 0 saturated carbocycles. The van der Waals surface area contributed by atoms with Crippen molar-refractivity contribution >= 4 is 0 Å². The predicted octanol–water partition coefficient (Wildman–Crippen LogP) is 0.754. The van der Waals surface area contributed by atoms with Crippen molar-refractivity contribution in [1.29, 1.82) is 0 Å². The number of nitrogens with one attached hydrogen (secondary N) is 1. The molecule has 0 saturated heterocycles. The molecule has 4 heteroatoms. The predicted molar refractivity (Wildman–Crippen MR) is 45.5 cm³/mol. The molecule has 2 N–H and O–H groups in total. The summed E-state index contributed by atoms with van der Waals surface area (Å²) in [6, 6.07) is 0. The normalized spacial score (nSPS) is 14.7. The summed E-state index contributed by atoms with van der Waals surface area (Å²) in [5.41, 5.74) is -0.153. The Kier molecular flexibility index (Phi) is 2.47. The molecule has 0 aromatic carbocycles. The van der Waals surface area contributed by atoms with Gasteiger partial charge < -0.3 is 5.11 Å². The molecular formula is C8H15N3O. The Bertz CT molecular complexity index is 228. The first kappa shape index (κ1) is 9.19. The van der Waals surface area contributed by atoms with Crippen LogP contribution in [0.15, 0.2) is 6.33 Å². The lowest BCUT2D eigenvalue weighted by atomic mass is 9.84. The van der Waals surface area contributed by atoms with Crippen LogP contribution in [0.25, 0.3) is 0 Å². The number of rotatable bonds is 3. The minimum atomic E-state index is -0.345. The van der Waals surface area contributed by atoms with Crippen LogP contribution >= 0.6 is 0 Å². The summed E-state index contributed by atoms with van der Waals surface area (Å²) in [5, 5.41) is 15.9. The maximum atomic E-state index is 9.42. The third-order valence-electron chi connectivity index (χ3n) is 2.22. The van der Waals surface area contributed by atoms with Crippen molar-refractivity contribution in [2.24, 2.45) is 5.41 Å². The zero-order valence-corrected chi connectivity index (χ0v) is 7.70. The standard InChI is InChI=1S/C8H15N3O/c1-6(12)8(2,3)4-7-9-5-10-11-7/h5-6,12H,4H2,1-3H3,(H,9,10,11). The van der Waals surface area contributed by atoms with Crippen LogP contribution < -0.4 is 0 Å². The Morgan fingerprint density at radius 2 is 2.33 bits per heavy atom. The van der Waals surface area contributed by atoms with Crippen LogP contribution in [0.3, 0.4) is 0 Å². The van der Waals surface area contributed by atoms with E-state index < -0.39 is 0 Å². The second-order valence-electron chi connectivity index (χ2n) is 3.77. The summed E-state index contributed by atoms with van der Waals surface area (Å²) in [5.74, 6) is 0.820. The van der Waals surface area contributed by atoms with Crippen molar-refractivity contribution < 1.29 is 5.11 Å². The van der Waals surface area contributed by atoms with E-state index in [4.69, 9.17) is 0 Å². The molecule has 0 amide bonds. The third-order valence-corrected chi connectivity index (χ3v) is 2.22. The molecule has 1 heterocycles. The average molecular weight is 169 g/mol. The summed E-state index contributed by atoms with van der Waals surface area (Å²) < 4.78 is 0. The van der Waals surface area contributed by atoms with Gasteiger partial charge in [-0.15, -0.1) is 0 Å². The number of hydrogen-bond donors (Lipinski definition) is 2. The fraction of sp³-hybridized carbons (Fsp3) is 0.750. The molecule has 68 valence electrons. The molecule has 1 aromatic heterocycles. The molecule has 0 aliphatic rings. The lowest BCUT2D eigenvalue weighted by Crippen LogP contribution is -2.29. The molecule has 12 heavy (non-hydrogen) atoms. The first-order valence-corrected chi connectivity index (χ1v) is 4.04.